The minimum Gasteiger partial charge on any atom is -0.481 e. The smallest absolute Gasteiger partial charge is 0.303 e. The molecular formula is C21H23F2N5O5. The van der Waals surface area contributed by atoms with E-state index in [1.807, 2.05) is 0 Å². The number of hydrogen-bond donors (Lipinski definition) is 2. The number of fused-ring (bicyclic) bond motifs is 1. The van der Waals surface area contributed by atoms with Crippen LogP contribution in [0, 0.1) is 11.3 Å². The van der Waals surface area contributed by atoms with Crippen molar-refractivity contribution in [2.45, 2.75) is 57.2 Å². The number of carboxylic acids is 1. The molecule has 3 heterocycles. The minimum absolute atomic E-state index is 0.104. The number of amides is 3. The van der Waals surface area contributed by atoms with Crippen LogP contribution in [0.4, 0.5) is 8.78 Å². The fourth-order valence-corrected chi connectivity index (χ4v) is 3.88. The lowest BCUT2D eigenvalue weighted by Gasteiger charge is -2.28. The molecule has 2 aliphatic rings. The van der Waals surface area contributed by atoms with Gasteiger partial charge >= 0.3 is 5.97 Å². The lowest BCUT2D eigenvalue weighted by atomic mass is 10.0. The van der Waals surface area contributed by atoms with E-state index in [2.05, 4.69) is 10.3 Å². The Morgan fingerprint density at radius 2 is 2.09 bits per heavy atom. The first-order valence-electron chi connectivity index (χ1n) is 10.4. The Morgan fingerprint density at radius 1 is 1.36 bits per heavy atom. The number of nitriles is 1. The number of carbonyl (C=O) groups excluding carboxylic acids is 3. The molecule has 0 bridgehead atoms. The number of pyridine rings is 1. The van der Waals surface area contributed by atoms with E-state index in [0.29, 0.717) is 18.7 Å². The number of halogens is 2. The molecule has 1 fully saturated rings. The van der Waals surface area contributed by atoms with E-state index in [4.69, 9.17) is 10.4 Å². The van der Waals surface area contributed by atoms with Crippen LogP contribution in [0.25, 0.3) is 0 Å². The zero-order chi connectivity index (χ0) is 24.3. The number of likely N-dealkylation sites (tertiary alicyclic amines) is 1. The van der Waals surface area contributed by atoms with Crippen molar-refractivity contribution in [3.8, 4) is 6.07 Å². The first-order chi connectivity index (χ1) is 15.5. The number of hydrogen-bond acceptors (Lipinski definition) is 6. The van der Waals surface area contributed by atoms with E-state index in [0.717, 1.165) is 10.5 Å². The van der Waals surface area contributed by atoms with Crippen molar-refractivity contribution in [3.05, 3.63) is 29.1 Å². The van der Waals surface area contributed by atoms with E-state index in [1.54, 1.807) is 12.1 Å². The lowest BCUT2D eigenvalue weighted by Crippen LogP contribution is -2.48. The van der Waals surface area contributed by atoms with E-state index in [1.165, 1.54) is 18.0 Å². The van der Waals surface area contributed by atoms with Gasteiger partial charge in [0.2, 0.25) is 11.8 Å². The van der Waals surface area contributed by atoms with Crippen molar-refractivity contribution in [1.29, 1.82) is 5.26 Å². The summed E-state index contributed by atoms with van der Waals surface area (Å²) in [5.41, 5.74) is 1.50. The molecule has 2 atom stereocenters. The van der Waals surface area contributed by atoms with Gasteiger partial charge in [0.25, 0.3) is 11.8 Å². The quantitative estimate of drug-likeness (QED) is 0.632. The lowest BCUT2D eigenvalue weighted by molar-refractivity contribution is -0.141. The third kappa shape index (κ3) is 5.60. The number of alkyl halides is 2. The Bertz CT molecular complexity index is 1020. The van der Waals surface area contributed by atoms with Gasteiger partial charge < -0.3 is 20.2 Å². The normalized spacial score (nSPS) is 19.9. The van der Waals surface area contributed by atoms with E-state index in [9.17, 15) is 28.0 Å². The summed E-state index contributed by atoms with van der Waals surface area (Å²) in [4.78, 5) is 54.4. The summed E-state index contributed by atoms with van der Waals surface area (Å²) in [5, 5.41) is 20.2. The molecule has 1 saturated heterocycles. The summed E-state index contributed by atoms with van der Waals surface area (Å²) in [6, 6.07) is 0.912. The molecule has 33 heavy (non-hydrogen) atoms. The first-order valence-corrected chi connectivity index (χ1v) is 10.4. The van der Waals surface area contributed by atoms with Gasteiger partial charge in [0.15, 0.2) is 0 Å². The molecule has 1 aromatic heterocycles. The summed E-state index contributed by atoms with van der Waals surface area (Å²) >= 11 is 0. The minimum atomic E-state index is -3.15. The molecule has 3 amide bonds. The molecule has 3 rings (SSSR count). The number of rotatable bonds is 6. The number of aliphatic carboxylic acids is 1. The van der Waals surface area contributed by atoms with Crippen LogP contribution in [0.3, 0.4) is 0 Å². The zero-order valence-corrected chi connectivity index (χ0v) is 17.9. The Hall–Kier alpha value is -3.62. The van der Waals surface area contributed by atoms with Gasteiger partial charge in [0, 0.05) is 25.6 Å². The molecule has 0 unspecified atom stereocenters. The standard InChI is InChI=1S/C21H23F2N5O5/c1-12(20(33)28-11-21(22,23)7-15(28)8-24)26-19(32)14-6-13-4-5-27(10-16(13)25-9-14)17(29)2-3-18(30)31/h6,9,12,15H,2-5,7,10-11H2,1H3,(H,26,32)(H,30,31)/t12-,15+/m1/s1. The molecule has 0 aliphatic carbocycles. The van der Waals surface area contributed by atoms with Crippen LogP contribution in [-0.4, -0.2) is 74.7 Å². The van der Waals surface area contributed by atoms with Crippen molar-refractivity contribution in [2.75, 3.05) is 13.1 Å². The molecule has 0 saturated carbocycles. The van der Waals surface area contributed by atoms with Crippen LogP contribution >= 0.6 is 0 Å². The van der Waals surface area contributed by atoms with Gasteiger partial charge in [-0.3, -0.25) is 24.2 Å². The van der Waals surface area contributed by atoms with Crippen molar-refractivity contribution < 1.29 is 33.1 Å². The number of nitrogens with zero attached hydrogens (tertiary/aromatic N) is 4. The predicted molar refractivity (Wildman–Crippen MR) is 108 cm³/mol. The van der Waals surface area contributed by atoms with Gasteiger partial charge in [-0.15, -0.1) is 0 Å². The van der Waals surface area contributed by atoms with Gasteiger partial charge in [-0.25, -0.2) is 8.78 Å². The molecule has 176 valence electrons. The maximum atomic E-state index is 13.6. The highest BCUT2D eigenvalue weighted by Gasteiger charge is 2.48. The first kappa shape index (κ1) is 24.0. The third-order valence-corrected chi connectivity index (χ3v) is 5.64. The summed E-state index contributed by atoms with van der Waals surface area (Å²) in [6.45, 7) is 1.04. The van der Waals surface area contributed by atoms with E-state index < -0.39 is 48.8 Å². The predicted octanol–water partition coefficient (Wildman–Crippen LogP) is 0.709. The SMILES string of the molecule is C[C@@H](NC(=O)c1cnc2c(c1)CCN(C(=O)CCC(=O)O)C2)C(=O)N1CC(F)(F)C[C@H]1C#N. The molecule has 2 aliphatic heterocycles. The van der Waals surface area contributed by atoms with Gasteiger partial charge in [-0.1, -0.05) is 0 Å². The fourth-order valence-electron chi connectivity index (χ4n) is 3.88. The van der Waals surface area contributed by atoms with Gasteiger partial charge in [0.05, 0.1) is 36.8 Å². The maximum Gasteiger partial charge on any atom is 0.303 e. The summed E-state index contributed by atoms with van der Waals surface area (Å²) in [7, 11) is 0. The monoisotopic (exact) mass is 463 g/mol. The number of carbonyl (C=O) groups is 4. The fraction of sp³-hybridized carbons (Fsp3) is 0.524. The molecule has 0 aromatic carbocycles. The van der Waals surface area contributed by atoms with Crippen molar-refractivity contribution >= 4 is 23.7 Å². The summed E-state index contributed by atoms with van der Waals surface area (Å²) < 4.78 is 27.2. The Morgan fingerprint density at radius 3 is 2.76 bits per heavy atom. The molecule has 0 radical (unpaired) electrons. The summed E-state index contributed by atoms with van der Waals surface area (Å²) in [6.07, 6.45) is 0.616. The van der Waals surface area contributed by atoms with Gasteiger partial charge in [-0.05, 0) is 25.0 Å². The van der Waals surface area contributed by atoms with Crippen LogP contribution in [0.1, 0.15) is 47.8 Å². The van der Waals surface area contributed by atoms with Crippen LogP contribution in [0.2, 0.25) is 0 Å². The second-order valence-corrected chi connectivity index (χ2v) is 8.16. The second kappa shape index (κ2) is 9.48. The van der Waals surface area contributed by atoms with Crippen molar-refractivity contribution in [2.24, 2.45) is 0 Å². The Kier molecular flexibility index (Phi) is 6.90. The topological polar surface area (TPSA) is 144 Å². The second-order valence-electron chi connectivity index (χ2n) is 8.16. The molecule has 2 N–H and O–H groups in total. The van der Waals surface area contributed by atoms with Gasteiger partial charge in [-0.2, -0.15) is 5.26 Å². The third-order valence-electron chi connectivity index (χ3n) is 5.64. The highest BCUT2D eigenvalue weighted by Crippen LogP contribution is 2.32. The number of carboxylic acid groups (broad SMARTS) is 1. The average molecular weight is 463 g/mol. The molecular weight excluding hydrogens is 440 g/mol. The average Bonchev–Trinajstić information content (AvgIpc) is 3.10. The largest absolute Gasteiger partial charge is 0.481 e. The molecule has 0 spiro atoms. The van der Waals surface area contributed by atoms with Crippen LogP contribution < -0.4 is 5.32 Å². The molecule has 1 aromatic rings. The van der Waals surface area contributed by atoms with Crippen LogP contribution in [-0.2, 0) is 27.3 Å². The number of nitrogens with one attached hydrogen (secondary N) is 1. The maximum absolute atomic E-state index is 13.6. The van der Waals surface area contributed by atoms with Crippen LogP contribution in [0.5, 0.6) is 0 Å². The Balaban J connectivity index is 1.62. The van der Waals surface area contributed by atoms with Crippen molar-refractivity contribution in [1.82, 2.24) is 20.1 Å². The van der Waals surface area contributed by atoms with Crippen LogP contribution in [0.15, 0.2) is 12.3 Å². The summed E-state index contributed by atoms with van der Waals surface area (Å²) in [5.74, 6) is -5.88. The Labute approximate surface area is 188 Å². The van der Waals surface area contributed by atoms with E-state index >= 15 is 0 Å². The zero-order valence-electron chi connectivity index (χ0n) is 17.9. The number of aromatic nitrogens is 1. The van der Waals surface area contributed by atoms with Crippen molar-refractivity contribution in [3.63, 3.8) is 0 Å². The highest BCUT2D eigenvalue weighted by molar-refractivity contribution is 5.97. The highest BCUT2D eigenvalue weighted by atomic mass is 19.3. The molecule has 10 nitrogen and oxygen atoms in total. The molecule has 12 heteroatoms. The van der Waals surface area contributed by atoms with E-state index in [-0.39, 0.29) is 30.9 Å². The van der Waals surface area contributed by atoms with Gasteiger partial charge in [0.1, 0.15) is 12.1 Å².